The van der Waals surface area contributed by atoms with Crippen molar-refractivity contribution in [1.82, 2.24) is 4.90 Å². The lowest BCUT2D eigenvalue weighted by molar-refractivity contribution is -0.125. The molecule has 0 saturated heterocycles. The Morgan fingerprint density at radius 1 is 1.06 bits per heavy atom. The number of carbonyl (C=O) groups is 1. The quantitative estimate of drug-likeness (QED) is 0.316. The van der Waals surface area contributed by atoms with Gasteiger partial charge < -0.3 is 14.1 Å². The molecule has 0 aliphatic carbocycles. The summed E-state index contributed by atoms with van der Waals surface area (Å²) in [5.41, 5.74) is 5.63. The van der Waals surface area contributed by atoms with E-state index in [1.165, 1.54) is 10.8 Å². The van der Waals surface area contributed by atoms with E-state index in [-0.39, 0.29) is 5.91 Å². The topological polar surface area (TPSA) is 42.7 Å². The molecule has 0 spiro atoms. The fourth-order valence-corrected chi connectivity index (χ4v) is 4.34. The van der Waals surface area contributed by atoms with Crippen LogP contribution in [0.2, 0.25) is 0 Å². The summed E-state index contributed by atoms with van der Waals surface area (Å²) in [5.74, 6) is 0.743. The van der Waals surface area contributed by atoms with Crippen LogP contribution in [0, 0.1) is 6.92 Å². The van der Waals surface area contributed by atoms with Crippen molar-refractivity contribution in [3.05, 3.63) is 72.0 Å². The summed E-state index contributed by atoms with van der Waals surface area (Å²) in [6.45, 7) is 9.30. The fourth-order valence-electron chi connectivity index (χ4n) is 4.34. The van der Waals surface area contributed by atoms with E-state index in [1.807, 2.05) is 46.1 Å². The molecule has 0 aliphatic rings. The van der Waals surface area contributed by atoms with Crippen LogP contribution >= 0.6 is 0 Å². The van der Waals surface area contributed by atoms with Gasteiger partial charge in [0.2, 0.25) is 5.91 Å². The number of nitrogens with zero attached hydrogens (tertiary/aromatic N) is 1. The number of furan rings is 1. The maximum Gasteiger partial charge on any atom is 0.246 e. The molecule has 0 aliphatic heterocycles. The minimum atomic E-state index is 0.00856. The second-order valence-electron chi connectivity index (χ2n) is 8.01. The monoisotopic (exact) mass is 427 g/mol. The van der Waals surface area contributed by atoms with E-state index in [4.69, 9.17) is 9.15 Å². The number of benzene rings is 3. The number of carbonyl (C=O) groups excluding carboxylic acids is 1. The number of methoxy groups -OCH3 is 1. The van der Waals surface area contributed by atoms with Crippen LogP contribution in [-0.4, -0.2) is 31.0 Å². The van der Waals surface area contributed by atoms with E-state index in [0.717, 1.165) is 44.5 Å². The second kappa shape index (κ2) is 8.91. The highest BCUT2D eigenvalue weighted by Gasteiger charge is 2.19. The normalized spacial score (nSPS) is 11.8. The molecule has 0 radical (unpaired) electrons. The van der Waals surface area contributed by atoms with Crippen LogP contribution in [-0.2, 0) is 4.79 Å². The highest BCUT2D eigenvalue weighted by molar-refractivity contribution is 6.02. The van der Waals surface area contributed by atoms with Crippen molar-refractivity contribution in [3.63, 3.8) is 0 Å². The molecular weight excluding hydrogens is 398 g/mol. The molecule has 4 aromatic rings. The molecular formula is C28H29NO3. The third-order valence-electron chi connectivity index (χ3n) is 6.15. The molecule has 4 rings (SSSR count). The number of allylic oxidation sites excluding steroid dienone is 1. The summed E-state index contributed by atoms with van der Waals surface area (Å²) in [7, 11) is 1.66. The number of fused-ring (bicyclic) bond motifs is 2. The van der Waals surface area contributed by atoms with E-state index in [2.05, 4.69) is 36.4 Å². The molecule has 1 amide bonds. The van der Waals surface area contributed by atoms with E-state index in [0.29, 0.717) is 13.1 Å². The van der Waals surface area contributed by atoms with E-state index in [1.54, 1.807) is 18.1 Å². The fraction of sp³-hybridized carbons (Fsp3) is 0.250. The highest BCUT2D eigenvalue weighted by Crippen LogP contribution is 2.41. The number of hydrogen-bond donors (Lipinski definition) is 0. The van der Waals surface area contributed by atoms with Crippen LogP contribution in [0.25, 0.3) is 38.4 Å². The predicted molar refractivity (Wildman–Crippen MR) is 132 cm³/mol. The van der Waals surface area contributed by atoms with Gasteiger partial charge in [-0.3, -0.25) is 4.79 Å². The van der Waals surface area contributed by atoms with Gasteiger partial charge in [-0.15, -0.1) is 0 Å². The average Bonchev–Trinajstić information content (AvgIpc) is 3.23. The zero-order valence-corrected chi connectivity index (χ0v) is 19.4. The summed E-state index contributed by atoms with van der Waals surface area (Å²) in [6, 6.07) is 16.8. The Morgan fingerprint density at radius 2 is 1.78 bits per heavy atom. The largest absolute Gasteiger partial charge is 0.496 e. The lowest BCUT2D eigenvalue weighted by Gasteiger charge is -2.18. The van der Waals surface area contributed by atoms with Crippen molar-refractivity contribution in [2.45, 2.75) is 27.7 Å². The number of hydrogen-bond acceptors (Lipinski definition) is 3. The predicted octanol–water partition coefficient (Wildman–Crippen LogP) is 6.84. The Kier molecular flexibility index (Phi) is 6.04. The third-order valence-corrected chi connectivity index (χ3v) is 6.15. The SMILES string of the molecule is CCN(CC)C(=O)/C=C(\C)c1cc2c(-c3ccc4ccccc4c3)coc2c(C)c1OC. The van der Waals surface area contributed by atoms with Gasteiger partial charge in [-0.25, -0.2) is 0 Å². The highest BCUT2D eigenvalue weighted by atomic mass is 16.5. The van der Waals surface area contributed by atoms with Crippen LogP contribution in [0.3, 0.4) is 0 Å². The molecule has 0 N–H and O–H groups in total. The Morgan fingerprint density at radius 3 is 2.47 bits per heavy atom. The first-order valence-electron chi connectivity index (χ1n) is 11.0. The van der Waals surface area contributed by atoms with Gasteiger partial charge in [-0.2, -0.15) is 0 Å². The lowest BCUT2D eigenvalue weighted by atomic mass is 9.95. The smallest absolute Gasteiger partial charge is 0.246 e. The Balaban J connectivity index is 1.88. The van der Waals surface area contributed by atoms with Crippen molar-refractivity contribution in [1.29, 1.82) is 0 Å². The van der Waals surface area contributed by atoms with Gasteiger partial charge in [0.1, 0.15) is 11.3 Å². The number of ether oxygens (including phenoxy) is 1. The summed E-state index contributed by atoms with van der Waals surface area (Å²) in [6.07, 6.45) is 3.51. The molecule has 1 heterocycles. The van der Waals surface area contributed by atoms with Crippen molar-refractivity contribution in [2.24, 2.45) is 0 Å². The van der Waals surface area contributed by atoms with Gasteiger partial charge in [0.05, 0.1) is 13.4 Å². The summed E-state index contributed by atoms with van der Waals surface area (Å²) >= 11 is 0. The molecule has 4 heteroatoms. The molecule has 32 heavy (non-hydrogen) atoms. The molecule has 0 unspecified atom stereocenters. The van der Waals surface area contributed by atoms with Crippen molar-refractivity contribution >= 4 is 33.2 Å². The molecule has 3 aromatic carbocycles. The van der Waals surface area contributed by atoms with Gasteiger partial charge in [0.15, 0.2) is 0 Å². The van der Waals surface area contributed by atoms with Crippen molar-refractivity contribution < 1.29 is 13.9 Å². The van der Waals surface area contributed by atoms with Gasteiger partial charge in [0.25, 0.3) is 0 Å². The number of likely N-dealkylation sites (N-methyl/N-ethyl adjacent to an activating group) is 1. The minimum Gasteiger partial charge on any atom is -0.496 e. The third kappa shape index (κ3) is 3.77. The van der Waals surface area contributed by atoms with Gasteiger partial charge in [-0.05, 0) is 61.7 Å². The summed E-state index contributed by atoms with van der Waals surface area (Å²) in [5, 5.41) is 3.40. The second-order valence-corrected chi connectivity index (χ2v) is 8.01. The van der Waals surface area contributed by atoms with Crippen LogP contribution in [0.5, 0.6) is 5.75 Å². The standard InChI is InChI=1S/C28H29NO3/c1-6-29(7-2)26(30)14-18(3)23-16-24-25(17-32-28(24)19(4)27(23)31-5)22-13-12-20-10-8-9-11-21(20)15-22/h8-17H,6-7H2,1-5H3/b18-14+. The summed E-state index contributed by atoms with van der Waals surface area (Å²) < 4.78 is 11.7. The maximum absolute atomic E-state index is 12.7. The molecule has 0 saturated carbocycles. The van der Waals surface area contributed by atoms with E-state index >= 15 is 0 Å². The van der Waals surface area contributed by atoms with Gasteiger partial charge in [-0.1, -0.05) is 36.4 Å². The van der Waals surface area contributed by atoms with Crippen molar-refractivity contribution in [2.75, 3.05) is 20.2 Å². The van der Waals surface area contributed by atoms with Crippen LogP contribution in [0.1, 0.15) is 31.9 Å². The molecule has 164 valence electrons. The Hall–Kier alpha value is -3.53. The first-order valence-corrected chi connectivity index (χ1v) is 11.0. The van der Waals surface area contributed by atoms with Gasteiger partial charge >= 0.3 is 0 Å². The van der Waals surface area contributed by atoms with Crippen LogP contribution in [0.4, 0.5) is 0 Å². The minimum absolute atomic E-state index is 0.00856. The zero-order chi connectivity index (χ0) is 22.8. The molecule has 0 fully saturated rings. The summed E-state index contributed by atoms with van der Waals surface area (Å²) in [4.78, 5) is 14.5. The number of amides is 1. The van der Waals surface area contributed by atoms with Gasteiger partial charge in [0, 0.05) is 41.2 Å². The Bertz CT molecular complexity index is 1330. The Labute approximate surface area is 189 Å². The van der Waals surface area contributed by atoms with E-state index < -0.39 is 0 Å². The first-order chi connectivity index (χ1) is 15.5. The molecule has 1 aromatic heterocycles. The molecule has 0 bridgehead atoms. The molecule has 4 nitrogen and oxygen atoms in total. The van der Waals surface area contributed by atoms with E-state index in [9.17, 15) is 4.79 Å². The lowest BCUT2D eigenvalue weighted by Crippen LogP contribution is -2.28. The van der Waals surface area contributed by atoms with Crippen LogP contribution < -0.4 is 4.74 Å². The number of rotatable bonds is 6. The average molecular weight is 428 g/mol. The van der Waals surface area contributed by atoms with Crippen molar-refractivity contribution in [3.8, 4) is 16.9 Å². The zero-order valence-electron chi connectivity index (χ0n) is 19.4. The number of aryl methyl sites for hydroxylation is 1. The first kappa shape index (κ1) is 21.7. The van der Waals surface area contributed by atoms with Crippen LogP contribution in [0.15, 0.2) is 65.3 Å². The molecule has 0 atom stereocenters. The maximum atomic E-state index is 12.7.